The molecule has 0 aliphatic rings. The van der Waals surface area contributed by atoms with Crippen LogP contribution in [0.25, 0.3) is 0 Å². The van der Waals surface area contributed by atoms with E-state index in [-0.39, 0.29) is 5.91 Å². The molecule has 1 unspecified atom stereocenters. The van der Waals surface area contributed by atoms with Gasteiger partial charge in [0.25, 0.3) is 0 Å². The Bertz CT molecular complexity index is 566. The van der Waals surface area contributed by atoms with Gasteiger partial charge < -0.3 is 5.32 Å². The molecule has 0 aliphatic carbocycles. The number of halogens is 2. The van der Waals surface area contributed by atoms with Gasteiger partial charge in [0, 0.05) is 10.2 Å². The molecule has 2 aromatic rings. The number of amides is 1. The number of hydrogen-bond donors (Lipinski definition) is 1. The Balaban J connectivity index is 2.13. The number of nitrogens with one attached hydrogen (secondary N) is 1. The van der Waals surface area contributed by atoms with Gasteiger partial charge in [-0.1, -0.05) is 46.3 Å². The van der Waals surface area contributed by atoms with E-state index in [9.17, 15) is 4.79 Å². The van der Waals surface area contributed by atoms with Crippen LogP contribution in [0.3, 0.4) is 0 Å². The van der Waals surface area contributed by atoms with Gasteiger partial charge in [0.2, 0.25) is 5.91 Å². The lowest BCUT2D eigenvalue weighted by molar-refractivity contribution is -0.116. The molecule has 2 nitrogen and oxygen atoms in total. The summed E-state index contributed by atoms with van der Waals surface area (Å²) in [7, 11) is 0. The molecule has 0 saturated heterocycles. The van der Waals surface area contributed by atoms with Crippen LogP contribution in [0.1, 0.15) is 16.5 Å². The molecule has 0 aromatic heterocycles. The Kier molecular flexibility index (Phi) is 4.61. The van der Waals surface area contributed by atoms with Crippen LogP contribution in [0.2, 0.25) is 0 Å². The smallest absolute Gasteiger partial charge is 0.246 e. The molecule has 4 heteroatoms. The highest BCUT2D eigenvalue weighted by atomic mass is 79.9. The Morgan fingerprint density at radius 2 is 1.89 bits per heavy atom. The van der Waals surface area contributed by atoms with E-state index in [4.69, 9.17) is 11.6 Å². The van der Waals surface area contributed by atoms with Crippen molar-refractivity contribution in [2.75, 3.05) is 5.32 Å². The van der Waals surface area contributed by atoms with Crippen molar-refractivity contribution in [3.8, 4) is 0 Å². The van der Waals surface area contributed by atoms with Gasteiger partial charge in [-0.15, -0.1) is 11.6 Å². The predicted octanol–water partition coefficient (Wildman–Crippen LogP) is 4.68. The van der Waals surface area contributed by atoms with E-state index in [0.717, 1.165) is 21.3 Å². The fourth-order valence-corrected chi connectivity index (χ4v) is 2.60. The highest BCUT2D eigenvalue weighted by Crippen LogP contribution is 2.24. The number of rotatable bonds is 3. The van der Waals surface area contributed by atoms with Crippen molar-refractivity contribution < 1.29 is 4.79 Å². The molecular weight excluding hydrogens is 326 g/mol. The topological polar surface area (TPSA) is 29.1 Å². The Morgan fingerprint density at radius 1 is 1.21 bits per heavy atom. The second-order valence-electron chi connectivity index (χ2n) is 4.28. The van der Waals surface area contributed by atoms with Gasteiger partial charge in [-0.05, 0) is 36.2 Å². The van der Waals surface area contributed by atoms with Crippen LogP contribution in [0.5, 0.6) is 0 Å². The van der Waals surface area contributed by atoms with Crippen LogP contribution in [0.4, 0.5) is 5.69 Å². The first-order valence-corrected chi connectivity index (χ1v) is 7.06. The lowest BCUT2D eigenvalue weighted by Gasteiger charge is -2.11. The van der Waals surface area contributed by atoms with Crippen LogP contribution in [-0.4, -0.2) is 5.91 Å². The molecule has 0 spiro atoms. The maximum Gasteiger partial charge on any atom is 0.246 e. The lowest BCUT2D eigenvalue weighted by Crippen LogP contribution is -2.17. The van der Waals surface area contributed by atoms with Crippen molar-refractivity contribution in [3.05, 3.63) is 64.1 Å². The van der Waals surface area contributed by atoms with Crippen molar-refractivity contribution in [2.24, 2.45) is 0 Å². The number of aryl methyl sites for hydroxylation is 1. The van der Waals surface area contributed by atoms with Gasteiger partial charge >= 0.3 is 0 Å². The SMILES string of the molecule is Cc1cc(Br)cc(NC(=O)C(Cl)c2ccccc2)c1. The van der Waals surface area contributed by atoms with Crippen molar-refractivity contribution >= 4 is 39.1 Å². The van der Waals surface area contributed by atoms with Crippen molar-refractivity contribution in [1.29, 1.82) is 0 Å². The summed E-state index contributed by atoms with van der Waals surface area (Å²) in [5.74, 6) is -0.231. The van der Waals surface area contributed by atoms with Crippen molar-refractivity contribution in [2.45, 2.75) is 12.3 Å². The molecule has 0 saturated carbocycles. The maximum absolute atomic E-state index is 12.1. The van der Waals surface area contributed by atoms with Crippen LogP contribution < -0.4 is 5.32 Å². The first kappa shape index (κ1) is 14.1. The average molecular weight is 339 g/mol. The number of anilines is 1. The average Bonchev–Trinajstić information content (AvgIpc) is 2.37. The summed E-state index contributed by atoms with van der Waals surface area (Å²) >= 11 is 9.56. The molecule has 0 radical (unpaired) electrons. The van der Waals surface area contributed by atoms with E-state index < -0.39 is 5.38 Å². The number of benzene rings is 2. The first-order valence-electron chi connectivity index (χ1n) is 5.83. The third kappa shape index (κ3) is 3.82. The molecule has 1 N–H and O–H groups in total. The summed E-state index contributed by atoms with van der Waals surface area (Å²) in [5, 5.41) is 2.13. The summed E-state index contributed by atoms with van der Waals surface area (Å²) < 4.78 is 0.925. The largest absolute Gasteiger partial charge is 0.324 e. The standard InChI is InChI=1S/C15H13BrClNO/c1-10-7-12(16)9-13(8-10)18-15(19)14(17)11-5-3-2-4-6-11/h2-9,14H,1H3,(H,18,19). The summed E-state index contributed by atoms with van der Waals surface area (Å²) in [4.78, 5) is 12.1. The first-order chi connectivity index (χ1) is 9.06. The molecule has 0 heterocycles. The van der Waals surface area contributed by atoms with Gasteiger partial charge in [-0.25, -0.2) is 0 Å². The van der Waals surface area contributed by atoms with Crippen LogP contribution in [0, 0.1) is 6.92 Å². The van der Waals surface area contributed by atoms with Crippen molar-refractivity contribution in [3.63, 3.8) is 0 Å². The second-order valence-corrected chi connectivity index (χ2v) is 5.63. The van der Waals surface area contributed by atoms with Gasteiger partial charge in [-0.3, -0.25) is 4.79 Å². The third-order valence-electron chi connectivity index (χ3n) is 2.63. The highest BCUT2D eigenvalue weighted by Gasteiger charge is 2.17. The second kappa shape index (κ2) is 6.22. The van der Waals surface area contributed by atoms with Gasteiger partial charge in [0.1, 0.15) is 5.38 Å². The van der Waals surface area contributed by atoms with E-state index in [1.807, 2.05) is 55.5 Å². The molecule has 0 bridgehead atoms. The zero-order valence-corrected chi connectivity index (χ0v) is 12.7. The molecule has 1 atom stereocenters. The third-order valence-corrected chi connectivity index (χ3v) is 3.54. The minimum atomic E-state index is -0.694. The number of carbonyl (C=O) groups excluding carboxylic acids is 1. The van der Waals surface area contributed by atoms with E-state index in [1.165, 1.54) is 0 Å². The van der Waals surface area contributed by atoms with Crippen LogP contribution in [-0.2, 0) is 4.79 Å². The normalized spacial score (nSPS) is 11.9. The Morgan fingerprint density at radius 3 is 2.53 bits per heavy atom. The van der Waals surface area contributed by atoms with E-state index in [2.05, 4.69) is 21.2 Å². The highest BCUT2D eigenvalue weighted by molar-refractivity contribution is 9.10. The molecule has 0 aliphatic heterocycles. The van der Waals surface area contributed by atoms with Crippen molar-refractivity contribution in [1.82, 2.24) is 0 Å². The number of carbonyl (C=O) groups is 1. The van der Waals surface area contributed by atoms with E-state index >= 15 is 0 Å². The number of hydrogen-bond acceptors (Lipinski definition) is 1. The Hall–Kier alpha value is -1.32. The fraction of sp³-hybridized carbons (Fsp3) is 0.133. The fourth-order valence-electron chi connectivity index (χ4n) is 1.79. The van der Waals surface area contributed by atoms with Gasteiger partial charge in [0.05, 0.1) is 0 Å². The molecule has 98 valence electrons. The lowest BCUT2D eigenvalue weighted by atomic mass is 10.1. The van der Waals surface area contributed by atoms with Crippen LogP contribution in [0.15, 0.2) is 53.0 Å². The zero-order valence-electron chi connectivity index (χ0n) is 10.4. The molecule has 2 rings (SSSR count). The molecule has 0 fully saturated rings. The van der Waals surface area contributed by atoms with E-state index in [0.29, 0.717) is 0 Å². The predicted molar refractivity (Wildman–Crippen MR) is 82.5 cm³/mol. The van der Waals surface area contributed by atoms with Gasteiger partial charge in [0.15, 0.2) is 0 Å². The monoisotopic (exact) mass is 337 g/mol. The summed E-state index contributed by atoms with van der Waals surface area (Å²) in [6.07, 6.45) is 0. The minimum absolute atomic E-state index is 0.231. The molecule has 19 heavy (non-hydrogen) atoms. The summed E-state index contributed by atoms with van der Waals surface area (Å²) in [6.45, 7) is 1.97. The molecular formula is C15H13BrClNO. The molecule has 2 aromatic carbocycles. The quantitative estimate of drug-likeness (QED) is 0.809. The van der Waals surface area contributed by atoms with E-state index in [1.54, 1.807) is 0 Å². The number of alkyl halides is 1. The Labute approximate surface area is 125 Å². The zero-order chi connectivity index (χ0) is 13.8. The summed E-state index contributed by atoms with van der Waals surface area (Å²) in [5.41, 5.74) is 2.59. The molecule has 1 amide bonds. The van der Waals surface area contributed by atoms with Gasteiger partial charge in [-0.2, -0.15) is 0 Å². The maximum atomic E-state index is 12.1. The van der Waals surface area contributed by atoms with Crippen LogP contribution >= 0.6 is 27.5 Å². The summed E-state index contributed by atoms with van der Waals surface area (Å²) in [6, 6.07) is 15.0. The minimum Gasteiger partial charge on any atom is -0.324 e.